The minimum atomic E-state index is -0.359. The Morgan fingerprint density at radius 2 is 1.85 bits per heavy atom. The van der Waals surface area contributed by atoms with Gasteiger partial charge < -0.3 is 14.5 Å². The van der Waals surface area contributed by atoms with Gasteiger partial charge in [-0.3, -0.25) is 0 Å². The van der Waals surface area contributed by atoms with Gasteiger partial charge in [-0.15, -0.1) is 0 Å². The average Bonchev–Trinajstić information content (AvgIpc) is 2.75. The number of hydrogen-bond donors (Lipinski definition) is 0. The van der Waals surface area contributed by atoms with E-state index in [9.17, 15) is 4.79 Å². The highest BCUT2D eigenvalue weighted by Gasteiger charge is 2.36. The second-order valence-corrected chi connectivity index (χ2v) is 7.34. The van der Waals surface area contributed by atoms with E-state index in [1.54, 1.807) is 0 Å². The van der Waals surface area contributed by atoms with Crippen LogP contribution in [0.4, 0.5) is 4.79 Å². The molecule has 20 heavy (non-hydrogen) atoms. The zero-order valence-corrected chi connectivity index (χ0v) is 13.5. The second kappa shape index (κ2) is 6.33. The van der Waals surface area contributed by atoms with Gasteiger partial charge in [0.25, 0.3) is 0 Å². The number of nitrogens with zero attached hydrogens (tertiary/aromatic N) is 2. The molecule has 0 saturated carbocycles. The quantitative estimate of drug-likeness (QED) is 0.777. The van der Waals surface area contributed by atoms with Crippen molar-refractivity contribution >= 4 is 6.09 Å². The van der Waals surface area contributed by atoms with Gasteiger partial charge in [0.1, 0.15) is 5.60 Å². The van der Waals surface area contributed by atoms with Crippen LogP contribution < -0.4 is 0 Å². The molecule has 2 rings (SSSR count). The van der Waals surface area contributed by atoms with E-state index in [2.05, 4.69) is 18.7 Å². The normalized spacial score (nSPS) is 21.4. The zero-order valence-electron chi connectivity index (χ0n) is 13.5. The lowest BCUT2D eigenvalue weighted by molar-refractivity contribution is -0.0222. The van der Waals surface area contributed by atoms with E-state index in [-0.39, 0.29) is 11.7 Å². The number of hydrogen-bond acceptors (Lipinski definition) is 3. The third kappa shape index (κ3) is 4.11. The molecule has 2 heterocycles. The molecule has 0 N–H and O–H groups in total. The SMILES string of the molecule is CC(C)C1CN(C(=O)OC(C)(C)CCN2CCCC2)C1. The summed E-state index contributed by atoms with van der Waals surface area (Å²) in [6.45, 7) is 13.6. The first kappa shape index (κ1) is 15.6. The van der Waals surface area contributed by atoms with Crippen LogP contribution >= 0.6 is 0 Å². The number of rotatable bonds is 5. The van der Waals surface area contributed by atoms with Gasteiger partial charge in [0.05, 0.1) is 0 Å². The molecule has 0 aromatic rings. The molecule has 2 aliphatic heterocycles. The van der Waals surface area contributed by atoms with Crippen LogP contribution in [0.15, 0.2) is 0 Å². The van der Waals surface area contributed by atoms with Gasteiger partial charge in [0, 0.05) is 19.6 Å². The van der Waals surface area contributed by atoms with E-state index in [4.69, 9.17) is 4.74 Å². The van der Waals surface area contributed by atoms with Gasteiger partial charge in [-0.2, -0.15) is 0 Å². The van der Waals surface area contributed by atoms with Crippen molar-refractivity contribution < 1.29 is 9.53 Å². The monoisotopic (exact) mass is 282 g/mol. The van der Waals surface area contributed by atoms with Crippen molar-refractivity contribution in [3.05, 3.63) is 0 Å². The highest BCUT2D eigenvalue weighted by Crippen LogP contribution is 2.26. The first-order valence-electron chi connectivity index (χ1n) is 8.08. The Morgan fingerprint density at radius 3 is 2.40 bits per heavy atom. The summed E-state index contributed by atoms with van der Waals surface area (Å²) in [5.74, 6) is 1.30. The van der Waals surface area contributed by atoms with Crippen LogP contribution in [0.3, 0.4) is 0 Å². The molecule has 0 unspecified atom stereocenters. The van der Waals surface area contributed by atoms with Crippen LogP contribution in [0.25, 0.3) is 0 Å². The molecular formula is C16H30N2O2. The van der Waals surface area contributed by atoms with Crippen molar-refractivity contribution in [1.82, 2.24) is 9.80 Å². The van der Waals surface area contributed by atoms with Gasteiger partial charge >= 0.3 is 6.09 Å². The molecule has 0 aliphatic carbocycles. The Morgan fingerprint density at radius 1 is 1.25 bits per heavy atom. The van der Waals surface area contributed by atoms with Gasteiger partial charge in [-0.05, 0) is 58.0 Å². The van der Waals surface area contributed by atoms with Gasteiger partial charge in [0.2, 0.25) is 0 Å². The van der Waals surface area contributed by atoms with Gasteiger partial charge in [-0.25, -0.2) is 4.79 Å². The lowest BCUT2D eigenvalue weighted by Crippen LogP contribution is -2.53. The van der Waals surface area contributed by atoms with E-state index in [0.29, 0.717) is 11.8 Å². The van der Waals surface area contributed by atoms with Crippen LogP contribution in [-0.4, -0.2) is 54.2 Å². The van der Waals surface area contributed by atoms with Crippen molar-refractivity contribution in [2.45, 2.75) is 52.6 Å². The van der Waals surface area contributed by atoms with Crippen molar-refractivity contribution in [1.29, 1.82) is 0 Å². The van der Waals surface area contributed by atoms with E-state index in [1.807, 2.05) is 18.7 Å². The van der Waals surface area contributed by atoms with Gasteiger partial charge in [-0.1, -0.05) is 13.8 Å². The fourth-order valence-electron chi connectivity index (χ4n) is 2.87. The maximum atomic E-state index is 12.1. The first-order chi connectivity index (χ1) is 9.37. The van der Waals surface area contributed by atoms with Crippen molar-refractivity contribution in [3.8, 4) is 0 Å². The second-order valence-electron chi connectivity index (χ2n) is 7.34. The smallest absolute Gasteiger partial charge is 0.410 e. The molecule has 2 saturated heterocycles. The van der Waals surface area contributed by atoms with E-state index < -0.39 is 0 Å². The van der Waals surface area contributed by atoms with E-state index >= 15 is 0 Å². The third-order valence-electron chi connectivity index (χ3n) is 4.70. The van der Waals surface area contributed by atoms with Crippen LogP contribution in [0.2, 0.25) is 0 Å². The number of carbonyl (C=O) groups excluding carboxylic acids is 1. The summed E-state index contributed by atoms with van der Waals surface area (Å²) in [5.41, 5.74) is -0.359. The molecule has 0 aromatic carbocycles. The number of carbonyl (C=O) groups is 1. The molecule has 116 valence electrons. The van der Waals surface area contributed by atoms with Gasteiger partial charge in [0.15, 0.2) is 0 Å². The fourth-order valence-corrected chi connectivity index (χ4v) is 2.87. The number of amides is 1. The minimum absolute atomic E-state index is 0.131. The summed E-state index contributed by atoms with van der Waals surface area (Å²) < 4.78 is 5.69. The topological polar surface area (TPSA) is 32.8 Å². The van der Waals surface area contributed by atoms with Crippen LogP contribution in [0, 0.1) is 11.8 Å². The predicted octanol–water partition coefficient (Wildman–Crippen LogP) is 2.98. The minimum Gasteiger partial charge on any atom is -0.443 e. The standard InChI is InChI=1S/C16H30N2O2/c1-13(2)14-11-18(12-14)15(19)20-16(3,4)7-10-17-8-5-6-9-17/h13-14H,5-12H2,1-4H3. The third-order valence-corrected chi connectivity index (χ3v) is 4.70. The molecule has 0 bridgehead atoms. The maximum Gasteiger partial charge on any atom is 0.410 e. The highest BCUT2D eigenvalue weighted by atomic mass is 16.6. The summed E-state index contributed by atoms with van der Waals surface area (Å²) in [7, 11) is 0. The molecule has 0 spiro atoms. The molecule has 2 aliphatic rings. The molecule has 0 aromatic heterocycles. The number of likely N-dealkylation sites (tertiary alicyclic amines) is 2. The summed E-state index contributed by atoms with van der Waals surface area (Å²) in [4.78, 5) is 16.4. The van der Waals surface area contributed by atoms with Crippen molar-refractivity contribution in [2.75, 3.05) is 32.7 Å². The van der Waals surface area contributed by atoms with Crippen molar-refractivity contribution in [3.63, 3.8) is 0 Å². The highest BCUT2D eigenvalue weighted by molar-refractivity contribution is 5.69. The zero-order chi connectivity index (χ0) is 14.8. The lowest BCUT2D eigenvalue weighted by atomic mass is 9.89. The van der Waals surface area contributed by atoms with Crippen molar-refractivity contribution in [2.24, 2.45) is 11.8 Å². The molecule has 1 amide bonds. The summed E-state index contributed by atoms with van der Waals surface area (Å²) in [5, 5.41) is 0. The Balaban J connectivity index is 1.69. The largest absolute Gasteiger partial charge is 0.443 e. The Kier molecular flexibility index (Phi) is 4.95. The summed E-state index contributed by atoms with van der Waals surface area (Å²) in [6, 6.07) is 0. The maximum absolute atomic E-state index is 12.1. The molecule has 0 radical (unpaired) electrons. The van der Waals surface area contributed by atoms with Crippen LogP contribution in [0.1, 0.15) is 47.0 Å². The van der Waals surface area contributed by atoms with Crippen LogP contribution in [-0.2, 0) is 4.74 Å². The Labute approximate surface area is 123 Å². The van der Waals surface area contributed by atoms with Crippen LogP contribution in [0.5, 0.6) is 0 Å². The molecule has 4 nitrogen and oxygen atoms in total. The number of ether oxygens (including phenoxy) is 1. The molecule has 4 heteroatoms. The average molecular weight is 282 g/mol. The summed E-state index contributed by atoms with van der Waals surface area (Å²) >= 11 is 0. The Bertz CT molecular complexity index is 329. The molecule has 0 atom stereocenters. The predicted molar refractivity (Wildman–Crippen MR) is 80.8 cm³/mol. The lowest BCUT2D eigenvalue weighted by Gasteiger charge is -2.42. The fraction of sp³-hybridized carbons (Fsp3) is 0.938. The first-order valence-corrected chi connectivity index (χ1v) is 8.08. The van der Waals surface area contributed by atoms with E-state index in [1.165, 1.54) is 25.9 Å². The van der Waals surface area contributed by atoms with E-state index in [0.717, 1.165) is 26.1 Å². The Hall–Kier alpha value is -0.770. The molecule has 2 fully saturated rings. The summed E-state index contributed by atoms with van der Waals surface area (Å²) in [6.07, 6.45) is 3.41. The molecular weight excluding hydrogens is 252 g/mol.